The van der Waals surface area contributed by atoms with E-state index in [4.69, 9.17) is 14.8 Å². The number of alkyl halides is 2. The number of halogens is 3. The lowest BCUT2D eigenvalue weighted by molar-refractivity contribution is -0.108. The van der Waals surface area contributed by atoms with Gasteiger partial charge in [-0.3, -0.25) is 9.78 Å². The van der Waals surface area contributed by atoms with Crippen LogP contribution in [0.5, 0.6) is 5.75 Å². The predicted molar refractivity (Wildman–Crippen MR) is 137 cm³/mol. The fourth-order valence-electron chi connectivity index (χ4n) is 6.76. The van der Waals surface area contributed by atoms with Crippen LogP contribution in [0.2, 0.25) is 0 Å². The first-order valence-electron chi connectivity index (χ1n) is 13.1. The quantitative estimate of drug-likeness (QED) is 0.384. The van der Waals surface area contributed by atoms with E-state index in [9.17, 15) is 23.9 Å². The zero-order valence-corrected chi connectivity index (χ0v) is 22.0. The molecule has 1 amide bonds. The summed E-state index contributed by atoms with van der Waals surface area (Å²) < 4.78 is 48.4. The Hall–Kier alpha value is -4.50. The van der Waals surface area contributed by atoms with Gasteiger partial charge in [-0.25, -0.2) is 13.9 Å². The van der Waals surface area contributed by atoms with Crippen LogP contribution in [0, 0.1) is 22.6 Å². The van der Waals surface area contributed by atoms with Gasteiger partial charge >= 0.3 is 6.61 Å². The normalized spacial score (nSPS) is 26.4. The Morgan fingerprint density at radius 3 is 2.73 bits per heavy atom. The molecule has 1 aromatic carbocycles. The molecule has 208 valence electrons. The fraction of sp³-hybridized carbons (Fsp3) is 0.345. The molecule has 0 saturated heterocycles. The summed E-state index contributed by atoms with van der Waals surface area (Å²) in [4.78, 5) is 23.8. The highest BCUT2D eigenvalue weighted by atomic mass is 19.3. The Morgan fingerprint density at radius 2 is 2.02 bits per heavy atom. The summed E-state index contributed by atoms with van der Waals surface area (Å²) >= 11 is 0. The number of fused-ring (bicyclic) bond motifs is 9. The average Bonchev–Trinajstić information content (AvgIpc) is 3.44. The molecule has 1 saturated carbocycles. The van der Waals surface area contributed by atoms with Crippen LogP contribution in [0.4, 0.5) is 13.2 Å². The fourth-order valence-corrected chi connectivity index (χ4v) is 6.76. The summed E-state index contributed by atoms with van der Waals surface area (Å²) in [6.07, 6.45) is 2.01. The lowest BCUT2D eigenvalue weighted by Crippen LogP contribution is -2.48. The van der Waals surface area contributed by atoms with Crippen molar-refractivity contribution in [2.45, 2.75) is 50.4 Å². The van der Waals surface area contributed by atoms with Crippen LogP contribution in [-0.2, 0) is 5.60 Å². The van der Waals surface area contributed by atoms with E-state index in [0.29, 0.717) is 40.3 Å². The number of hydrogen-bond acceptors (Lipinski definition) is 7. The van der Waals surface area contributed by atoms with Gasteiger partial charge in [0.2, 0.25) is 0 Å². The number of benzene rings is 1. The van der Waals surface area contributed by atoms with Crippen molar-refractivity contribution in [1.29, 1.82) is 5.26 Å². The average molecular weight is 561 g/mol. The largest absolute Gasteiger partial charge is 0.434 e. The van der Waals surface area contributed by atoms with Crippen molar-refractivity contribution in [1.82, 2.24) is 24.5 Å². The third kappa shape index (κ3) is 3.65. The van der Waals surface area contributed by atoms with Crippen LogP contribution in [-0.4, -0.2) is 49.2 Å². The van der Waals surface area contributed by atoms with Gasteiger partial charge in [-0.15, -0.1) is 0 Å². The molecule has 3 aliphatic rings. The lowest BCUT2D eigenvalue weighted by Gasteiger charge is -2.46. The minimum absolute atomic E-state index is 0.0767. The van der Waals surface area contributed by atoms with E-state index in [-0.39, 0.29) is 35.8 Å². The second-order valence-corrected chi connectivity index (χ2v) is 11.3. The Bertz CT molecular complexity index is 1810. The number of nitrogens with zero attached hydrogens (tertiary/aromatic N) is 6. The van der Waals surface area contributed by atoms with Crippen molar-refractivity contribution in [2.75, 3.05) is 7.05 Å². The van der Waals surface area contributed by atoms with Crippen molar-refractivity contribution in [3.05, 3.63) is 76.6 Å². The highest BCUT2D eigenvalue weighted by Gasteiger charge is 2.54. The van der Waals surface area contributed by atoms with Crippen molar-refractivity contribution in [3.8, 4) is 23.1 Å². The number of carbonyl (C=O) groups excluding carboxylic acids is 1. The van der Waals surface area contributed by atoms with E-state index in [1.54, 1.807) is 41.6 Å². The van der Waals surface area contributed by atoms with E-state index in [2.05, 4.69) is 11.1 Å². The monoisotopic (exact) mass is 560 g/mol. The maximum Gasteiger partial charge on any atom is 0.387 e. The molecule has 1 fully saturated rings. The second-order valence-electron chi connectivity index (χ2n) is 11.3. The predicted octanol–water partition coefficient (Wildman–Crippen LogP) is 4.71. The van der Waals surface area contributed by atoms with Gasteiger partial charge in [0.25, 0.3) is 5.91 Å². The van der Waals surface area contributed by atoms with Crippen molar-refractivity contribution >= 4 is 11.6 Å². The van der Waals surface area contributed by atoms with Gasteiger partial charge in [0, 0.05) is 48.7 Å². The van der Waals surface area contributed by atoms with Gasteiger partial charge in [-0.2, -0.15) is 19.1 Å². The third-order valence-corrected chi connectivity index (χ3v) is 8.51. The molecule has 1 aliphatic heterocycles. The summed E-state index contributed by atoms with van der Waals surface area (Å²) in [5.74, 6) is -1.61. The summed E-state index contributed by atoms with van der Waals surface area (Å²) in [5, 5.41) is 24.9. The van der Waals surface area contributed by atoms with Gasteiger partial charge < -0.3 is 14.7 Å². The number of pyridine rings is 1. The maximum absolute atomic E-state index is 15.2. The molecule has 7 rings (SSSR count). The molecule has 0 spiro atoms. The Morgan fingerprint density at radius 1 is 1.24 bits per heavy atom. The SMILES string of the molecule is CN1C(=O)c2cccc(OC(F)F)c2C2CC1c1nc3ccc(-c4cnc(C5(O)CC(C)(C#N)C5)c(F)c4)nn3c12. The van der Waals surface area contributed by atoms with Crippen LogP contribution in [0.15, 0.2) is 42.6 Å². The standard InChI is InChI=1S/C29H23F3N6O3/c1-28(13-33)11-29(40,12-28)25-17(30)8-14(10-34-25)18-6-7-21-35-23-19-9-16(24(23)38(21)36-18)22-15(26(39)37(19)2)4-3-5-20(22)41-27(31)32/h3-8,10,16,19,27,40H,9,11-12H2,1-2H3. The molecule has 4 aromatic rings. The Labute approximate surface area is 231 Å². The number of imidazole rings is 1. The number of ether oxygens (including phenoxy) is 1. The number of aliphatic hydroxyl groups is 1. The molecule has 12 heteroatoms. The minimum Gasteiger partial charge on any atom is -0.434 e. The molecule has 9 nitrogen and oxygen atoms in total. The first kappa shape index (κ1) is 25.5. The highest BCUT2D eigenvalue weighted by Crippen LogP contribution is 2.54. The molecule has 2 aliphatic carbocycles. The number of amides is 1. The van der Waals surface area contributed by atoms with E-state index in [1.165, 1.54) is 24.4 Å². The van der Waals surface area contributed by atoms with Crippen molar-refractivity contribution in [2.24, 2.45) is 5.41 Å². The molecular formula is C29H23F3N6O3. The smallest absolute Gasteiger partial charge is 0.387 e. The summed E-state index contributed by atoms with van der Waals surface area (Å²) in [6.45, 7) is -1.36. The van der Waals surface area contributed by atoms with Gasteiger partial charge in [0.05, 0.1) is 34.6 Å². The molecule has 1 N–H and O–H groups in total. The zero-order valence-electron chi connectivity index (χ0n) is 22.0. The summed E-state index contributed by atoms with van der Waals surface area (Å²) in [6, 6.07) is 10.9. The van der Waals surface area contributed by atoms with Gasteiger partial charge in [-0.1, -0.05) is 6.07 Å². The summed E-state index contributed by atoms with van der Waals surface area (Å²) in [5.41, 5.74) is 0.740. The first-order chi connectivity index (χ1) is 19.5. The lowest BCUT2D eigenvalue weighted by atomic mass is 9.59. The molecule has 2 atom stereocenters. The van der Waals surface area contributed by atoms with Crippen LogP contribution < -0.4 is 4.74 Å². The van der Waals surface area contributed by atoms with Gasteiger partial charge in [0.15, 0.2) is 5.65 Å². The van der Waals surface area contributed by atoms with E-state index >= 15 is 4.39 Å². The zero-order chi connectivity index (χ0) is 28.8. The molecule has 0 radical (unpaired) electrons. The van der Waals surface area contributed by atoms with Crippen LogP contribution in [0.25, 0.3) is 16.9 Å². The van der Waals surface area contributed by atoms with E-state index in [0.717, 1.165) is 0 Å². The highest BCUT2D eigenvalue weighted by molar-refractivity contribution is 5.98. The maximum atomic E-state index is 15.2. The van der Waals surface area contributed by atoms with E-state index in [1.807, 2.05) is 0 Å². The molecule has 4 heterocycles. The molecule has 3 aromatic heterocycles. The second kappa shape index (κ2) is 8.50. The topological polar surface area (TPSA) is 117 Å². The Kier molecular flexibility index (Phi) is 5.28. The summed E-state index contributed by atoms with van der Waals surface area (Å²) in [7, 11) is 1.66. The molecular weight excluding hydrogens is 537 g/mol. The Balaban J connectivity index is 1.33. The van der Waals surface area contributed by atoms with Crippen LogP contribution in [0.3, 0.4) is 0 Å². The number of carbonyl (C=O) groups is 1. The van der Waals surface area contributed by atoms with E-state index < -0.39 is 35.4 Å². The first-order valence-corrected chi connectivity index (χ1v) is 13.1. The van der Waals surface area contributed by atoms with Gasteiger partial charge in [0.1, 0.15) is 22.9 Å². The number of rotatable bonds is 4. The molecule has 41 heavy (non-hydrogen) atoms. The third-order valence-electron chi connectivity index (χ3n) is 8.51. The van der Waals surface area contributed by atoms with Gasteiger partial charge in [-0.05, 0) is 43.7 Å². The number of nitriles is 1. The molecule has 2 unspecified atom stereocenters. The van der Waals surface area contributed by atoms with Crippen molar-refractivity contribution < 1.29 is 27.8 Å². The minimum atomic E-state index is -3.07. The number of aromatic nitrogens is 4. The number of hydrogen-bond donors (Lipinski definition) is 1. The van der Waals surface area contributed by atoms with Crippen LogP contribution in [0.1, 0.15) is 71.1 Å². The molecule has 2 bridgehead atoms. The van der Waals surface area contributed by atoms with Crippen molar-refractivity contribution in [3.63, 3.8) is 0 Å². The van der Waals surface area contributed by atoms with Crippen LogP contribution >= 0.6 is 0 Å².